The van der Waals surface area contributed by atoms with E-state index in [0.717, 1.165) is 23.4 Å². The van der Waals surface area contributed by atoms with Gasteiger partial charge in [-0.2, -0.15) is 5.10 Å². The third-order valence-electron chi connectivity index (χ3n) is 5.04. The van der Waals surface area contributed by atoms with Crippen LogP contribution >= 0.6 is 0 Å². The maximum absolute atomic E-state index is 15.1. The van der Waals surface area contributed by atoms with Crippen LogP contribution in [0.15, 0.2) is 40.3 Å². The van der Waals surface area contributed by atoms with E-state index < -0.39 is 12.2 Å². The molecule has 0 amide bonds. The molecule has 0 saturated heterocycles. The van der Waals surface area contributed by atoms with Gasteiger partial charge < -0.3 is 25.3 Å². The second kappa shape index (κ2) is 9.86. The molecule has 0 spiro atoms. The molecule has 4 N–H and O–H groups in total. The minimum atomic E-state index is -0.833. The number of halogens is 1. The number of likely N-dealkylation sites (N-methyl/N-ethyl adjacent to an activating group) is 1. The molecule has 9 nitrogen and oxygen atoms in total. The van der Waals surface area contributed by atoms with Gasteiger partial charge in [-0.1, -0.05) is 6.08 Å². The summed E-state index contributed by atoms with van der Waals surface area (Å²) in [5.74, 6) is 1.66. The highest BCUT2D eigenvalue weighted by molar-refractivity contribution is 6.09. The highest BCUT2D eigenvalue weighted by Crippen LogP contribution is 2.28. The number of aromatic amines is 2. The molecule has 1 aliphatic heterocycles. The Morgan fingerprint density at radius 1 is 1.33 bits per heavy atom. The van der Waals surface area contributed by atoms with Crippen LogP contribution in [0.3, 0.4) is 0 Å². The number of nitrogens with one attached hydrogen (secondary N) is 4. The third kappa shape index (κ3) is 5.58. The number of hydrogen-bond acceptors (Lipinski definition) is 6. The van der Waals surface area contributed by atoms with Crippen molar-refractivity contribution in [1.82, 2.24) is 25.4 Å². The fourth-order valence-corrected chi connectivity index (χ4v) is 3.50. The van der Waals surface area contributed by atoms with Gasteiger partial charge in [0.05, 0.1) is 18.7 Å². The Labute approximate surface area is 191 Å². The zero-order chi connectivity index (χ0) is 23.4. The highest BCUT2D eigenvalue weighted by atomic mass is 19.1. The predicted molar refractivity (Wildman–Crippen MR) is 130 cm³/mol. The molecule has 0 radical (unpaired) electrons. The number of benzene rings is 1. The molecule has 174 valence electrons. The van der Waals surface area contributed by atoms with Gasteiger partial charge in [-0.3, -0.25) is 10.1 Å². The van der Waals surface area contributed by atoms with Crippen molar-refractivity contribution in [1.29, 1.82) is 0 Å². The van der Waals surface area contributed by atoms with E-state index >= 15 is 4.39 Å². The summed E-state index contributed by atoms with van der Waals surface area (Å²) in [6.45, 7) is 5.25. The van der Waals surface area contributed by atoms with Gasteiger partial charge in [-0.25, -0.2) is 9.38 Å². The zero-order valence-electron chi connectivity index (χ0n) is 19.2. The normalized spacial score (nSPS) is 17.7. The van der Waals surface area contributed by atoms with E-state index in [-0.39, 0.29) is 5.75 Å². The lowest BCUT2D eigenvalue weighted by atomic mass is 10.2. The summed E-state index contributed by atoms with van der Waals surface area (Å²) in [6.07, 6.45) is 3.47. The van der Waals surface area contributed by atoms with Crippen LogP contribution in [-0.4, -0.2) is 65.3 Å². The Balaban J connectivity index is 1.57. The molecule has 33 heavy (non-hydrogen) atoms. The van der Waals surface area contributed by atoms with Crippen LogP contribution in [0.2, 0.25) is 0 Å². The summed E-state index contributed by atoms with van der Waals surface area (Å²) in [4.78, 5) is 14.4. The molecule has 3 heterocycles. The SMILES string of the molecule is C/C=C/c1cc(NC2=NC(Oc3ccc4[nH]c(C)cc4c3F)NC(=NCCN(C)C)C2)n[nH]1. The lowest BCUT2D eigenvalue weighted by Gasteiger charge is -2.25. The van der Waals surface area contributed by atoms with Gasteiger partial charge >= 0.3 is 0 Å². The maximum atomic E-state index is 15.1. The van der Waals surface area contributed by atoms with E-state index in [4.69, 9.17) is 4.74 Å². The van der Waals surface area contributed by atoms with Crippen LogP contribution in [0.4, 0.5) is 10.2 Å². The molecule has 1 atom stereocenters. The van der Waals surface area contributed by atoms with Crippen LogP contribution in [0, 0.1) is 12.7 Å². The molecular formula is C23H29FN8O. The number of hydrogen-bond donors (Lipinski definition) is 4. The molecule has 0 saturated carbocycles. The zero-order valence-corrected chi connectivity index (χ0v) is 19.2. The van der Waals surface area contributed by atoms with E-state index in [0.29, 0.717) is 35.8 Å². The summed E-state index contributed by atoms with van der Waals surface area (Å²) < 4.78 is 21.0. The Bertz CT molecular complexity index is 1210. The number of H-pyrrole nitrogens is 2. The van der Waals surface area contributed by atoms with E-state index in [1.807, 2.05) is 46.2 Å². The van der Waals surface area contributed by atoms with Crippen LogP contribution in [0.5, 0.6) is 5.75 Å². The van der Waals surface area contributed by atoms with E-state index in [9.17, 15) is 0 Å². The molecule has 10 heteroatoms. The van der Waals surface area contributed by atoms with Crippen LogP contribution in [0.1, 0.15) is 24.7 Å². The molecule has 4 rings (SSSR count). The van der Waals surface area contributed by atoms with Crippen LogP contribution in [-0.2, 0) is 0 Å². The van der Waals surface area contributed by atoms with E-state index in [1.54, 1.807) is 18.2 Å². The Morgan fingerprint density at radius 2 is 2.18 bits per heavy atom. The topological polar surface area (TPSA) is 106 Å². The summed E-state index contributed by atoms with van der Waals surface area (Å²) >= 11 is 0. The van der Waals surface area contributed by atoms with Crippen LogP contribution in [0.25, 0.3) is 17.0 Å². The number of ether oxygens (including phenoxy) is 1. The first-order valence-electron chi connectivity index (χ1n) is 10.8. The van der Waals surface area contributed by atoms with Crippen molar-refractivity contribution in [3.8, 4) is 5.75 Å². The number of aryl methyl sites for hydroxylation is 1. The van der Waals surface area contributed by atoms with Gasteiger partial charge in [-0.05, 0) is 52.2 Å². The molecule has 1 unspecified atom stereocenters. The number of allylic oxidation sites excluding steroid dienone is 1. The maximum Gasteiger partial charge on any atom is 0.270 e. The molecule has 0 aliphatic carbocycles. The predicted octanol–water partition coefficient (Wildman–Crippen LogP) is 3.50. The second-order valence-corrected chi connectivity index (χ2v) is 8.12. The lowest BCUT2D eigenvalue weighted by molar-refractivity contribution is 0.186. The smallest absolute Gasteiger partial charge is 0.270 e. The van der Waals surface area contributed by atoms with Crippen LogP contribution < -0.4 is 15.4 Å². The number of nitrogens with zero attached hydrogens (tertiary/aromatic N) is 4. The highest BCUT2D eigenvalue weighted by Gasteiger charge is 2.23. The Hall–Kier alpha value is -3.66. The molecule has 2 aromatic heterocycles. The first-order chi connectivity index (χ1) is 15.9. The number of aromatic nitrogens is 3. The summed E-state index contributed by atoms with van der Waals surface area (Å²) in [5, 5.41) is 14.1. The fraction of sp³-hybridized carbons (Fsp3) is 0.348. The van der Waals surface area contributed by atoms with E-state index in [2.05, 4.69) is 40.7 Å². The van der Waals surface area contributed by atoms with E-state index in [1.165, 1.54) is 0 Å². The first kappa shape index (κ1) is 22.5. The third-order valence-corrected chi connectivity index (χ3v) is 5.04. The van der Waals surface area contributed by atoms with Crippen molar-refractivity contribution in [2.45, 2.75) is 26.6 Å². The van der Waals surface area contributed by atoms with Gasteiger partial charge in [-0.15, -0.1) is 0 Å². The van der Waals surface area contributed by atoms with Crippen molar-refractivity contribution >= 4 is 34.5 Å². The van der Waals surface area contributed by atoms with Gasteiger partial charge in [0.15, 0.2) is 17.4 Å². The standard InChI is InChI=1S/C23H29FN8O/c1-5-6-15-12-21(31-30-15)27-20-13-19(25-9-10-32(3)4)28-23(29-20)33-18-8-7-17-16(22(18)24)11-14(2)26-17/h5-8,11-12,23,26H,9-10,13H2,1-4H3,(H,25,28)(H2,27,29,30,31)/b6-5+. The van der Waals surface area contributed by atoms with Crippen molar-refractivity contribution in [2.24, 2.45) is 9.98 Å². The monoisotopic (exact) mass is 452 g/mol. The fourth-order valence-electron chi connectivity index (χ4n) is 3.50. The number of rotatable bonds is 7. The average molecular weight is 453 g/mol. The number of aliphatic imine (C=N–C) groups is 2. The average Bonchev–Trinajstić information content (AvgIpc) is 3.36. The summed E-state index contributed by atoms with van der Waals surface area (Å²) in [7, 11) is 3.99. The molecule has 1 aliphatic rings. The largest absolute Gasteiger partial charge is 0.447 e. The molecule has 0 fully saturated rings. The van der Waals surface area contributed by atoms with Crippen molar-refractivity contribution in [2.75, 3.05) is 32.5 Å². The van der Waals surface area contributed by atoms with Gasteiger partial charge in [0.2, 0.25) is 0 Å². The molecular weight excluding hydrogens is 423 g/mol. The second-order valence-electron chi connectivity index (χ2n) is 8.12. The minimum Gasteiger partial charge on any atom is -0.447 e. The minimum absolute atomic E-state index is 0.117. The van der Waals surface area contributed by atoms with Crippen molar-refractivity contribution in [3.63, 3.8) is 0 Å². The molecule has 0 bridgehead atoms. The molecule has 1 aromatic carbocycles. The van der Waals surface area contributed by atoms with Crippen molar-refractivity contribution in [3.05, 3.63) is 47.5 Å². The van der Waals surface area contributed by atoms with Crippen molar-refractivity contribution < 1.29 is 9.13 Å². The molecule has 3 aromatic rings. The summed E-state index contributed by atoms with van der Waals surface area (Å²) in [6, 6.07) is 7.04. The van der Waals surface area contributed by atoms with Gasteiger partial charge in [0.25, 0.3) is 6.35 Å². The Morgan fingerprint density at radius 3 is 2.97 bits per heavy atom. The summed E-state index contributed by atoms with van der Waals surface area (Å²) in [5.41, 5.74) is 2.48. The first-order valence-corrected chi connectivity index (χ1v) is 10.8. The quantitative estimate of drug-likeness (QED) is 0.439. The number of anilines is 1. The number of amidine groups is 2. The number of fused-ring (bicyclic) bond motifs is 1. The van der Waals surface area contributed by atoms with Gasteiger partial charge in [0.1, 0.15) is 11.7 Å². The lowest BCUT2D eigenvalue weighted by Crippen LogP contribution is -2.45. The van der Waals surface area contributed by atoms with Gasteiger partial charge in [0, 0.05) is 29.2 Å². The Kier molecular flexibility index (Phi) is 6.74.